The monoisotopic (exact) mass is 471 g/mol. The van der Waals surface area contributed by atoms with Crippen molar-refractivity contribution in [3.63, 3.8) is 0 Å². The average molecular weight is 472 g/mol. The van der Waals surface area contributed by atoms with Crippen LogP contribution in [0.3, 0.4) is 0 Å². The van der Waals surface area contributed by atoms with Crippen molar-refractivity contribution in [2.75, 3.05) is 57.3 Å². The molecule has 4 rings (SSSR count). The first-order valence-electron chi connectivity index (χ1n) is 11.8. The Hall–Kier alpha value is -2.65. The Morgan fingerprint density at radius 3 is 2.55 bits per heavy atom. The van der Waals surface area contributed by atoms with Crippen molar-refractivity contribution in [3.8, 4) is 0 Å². The van der Waals surface area contributed by atoms with Gasteiger partial charge in [-0.1, -0.05) is 6.07 Å². The lowest BCUT2D eigenvalue weighted by Gasteiger charge is -2.36. The first-order chi connectivity index (χ1) is 16.1. The number of nitrogens with zero attached hydrogens (tertiary/aromatic N) is 4. The topological polar surface area (TPSA) is 78.0 Å². The standard InChI is InChI=1S/C24H33N5O3S/c1-2-32-23(30)20-5-6-22(25-17-20)28-11-13-29(14-12-28)24(31)26-16-19-7-9-27(10-8-19)18-21-4-3-15-33-21/h3-6,15,17,19H,2,7-14,16,18H2,1H3,(H,26,31). The quantitative estimate of drug-likeness (QED) is 0.626. The van der Waals surface area contributed by atoms with Crippen LogP contribution in [0.5, 0.6) is 0 Å². The van der Waals surface area contributed by atoms with Gasteiger partial charge in [-0.05, 0) is 62.4 Å². The van der Waals surface area contributed by atoms with Crippen LogP contribution in [-0.4, -0.2) is 79.2 Å². The van der Waals surface area contributed by atoms with Gasteiger partial charge in [0, 0.05) is 50.3 Å². The average Bonchev–Trinajstić information content (AvgIpc) is 3.37. The third-order valence-electron chi connectivity index (χ3n) is 6.36. The van der Waals surface area contributed by atoms with Crippen LogP contribution in [0.1, 0.15) is 35.0 Å². The van der Waals surface area contributed by atoms with E-state index in [2.05, 4.69) is 37.6 Å². The van der Waals surface area contributed by atoms with Gasteiger partial charge in [-0.2, -0.15) is 0 Å². The molecule has 33 heavy (non-hydrogen) atoms. The maximum absolute atomic E-state index is 12.7. The molecular formula is C24H33N5O3S. The molecule has 2 aliphatic rings. The predicted molar refractivity (Wildman–Crippen MR) is 130 cm³/mol. The highest BCUT2D eigenvalue weighted by Crippen LogP contribution is 2.20. The summed E-state index contributed by atoms with van der Waals surface area (Å²) in [4.78, 5) is 36.8. The number of urea groups is 1. The molecule has 0 unspecified atom stereocenters. The summed E-state index contributed by atoms with van der Waals surface area (Å²) in [5.74, 6) is 1.01. The SMILES string of the molecule is CCOC(=O)c1ccc(N2CCN(C(=O)NCC3CCN(Cc4cccs4)CC3)CC2)nc1. The zero-order chi connectivity index (χ0) is 23.0. The van der Waals surface area contributed by atoms with Gasteiger partial charge in [0.15, 0.2) is 0 Å². The number of piperazine rings is 1. The van der Waals surface area contributed by atoms with Crippen molar-refractivity contribution in [1.82, 2.24) is 20.1 Å². The molecule has 9 heteroatoms. The molecule has 4 heterocycles. The number of amides is 2. The van der Waals surface area contributed by atoms with E-state index in [-0.39, 0.29) is 12.0 Å². The Morgan fingerprint density at radius 1 is 1.12 bits per heavy atom. The lowest BCUT2D eigenvalue weighted by Crippen LogP contribution is -2.52. The molecule has 8 nitrogen and oxygen atoms in total. The Kier molecular flexibility index (Phi) is 8.17. The summed E-state index contributed by atoms with van der Waals surface area (Å²) in [6, 6.07) is 7.92. The van der Waals surface area contributed by atoms with E-state index >= 15 is 0 Å². The van der Waals surface area contributed by atoms with E-state index in [0.29, 0.717) is 31.2 Å². The van der Waals surface area contributed by atoms with E-state index in [1.165, 1.54) is 4.88 Å². The number of thiophene rings is 1. The number of esters is 1. The van der Waals surface area contributed by atoms with Crippen LogP contribution in [0.2, 0.25) is 0 Å². The summed E-state index contributed by atoms with van der Waals surface area (Å²) in [5, 5.41) is 5.29. The second-order valence-corrected chi connectivity index (χ2v) is 9.62. The minimum Gasteiger partial charge on any atom is -0.462 e. The van der Waals surface area contributed by atoms with Gasteiger partial charge in [0.05, 0.1) is 12.2 Å². The highest BCUT2D eigenvalue weighted by molar-refractivity contribution is 7.09. The molecule has 2 saturated heterocycles. The highest BCUT2D eigenvalue weighted by atomic mass is 32.1. The first-order valence-corrected chi connectivity index (χ1v) is 12.7. The van der Waals surface area contributed by atoms with Crippen LogP contribution in [0.25, 0.3) is 0 Å². The van der Waals surface area contributed by atoms with E-state index in [9.17, 15) is 9.59 Å². The first kappa shape index (κ1) is 23.5. The molecule has 0 spiro atoms. The van der Waals surface area contributed by atoms with Gasteiger partial charge in [0.25, 0.3) is 0 Å². The Balaban J connectivity index is 1.15. The molecule has 2 aromatic heterocycles. The molecule has 0 saturated carbocycles. The third kappa shape index (κ3) is 6.45. The summed E-state index contributed by atoms with van der Waals surface area (Å²) >= 11 is 1.82. The fourth-order valence-corrected chi connectivity index (χ4v) is 5.11. The van der Waals surface area contributed by atoms with Crippen molar-refractivity contribution >= 4 is 29.2 Å². The molecule has 2 aliphatic heterocycles. The summed E-state index contributed by atoms with van der Waals surface area (Å²) in [5.41, 5.74) is 0.455. The van der Waals surface area contributed by atoms with Crippen LogP contribution >= 0.6 is 11.3 Å². The van der Waals surface area contributed by atoms with Gasteiger partial charge < -0.3 is 19.9 Å². The number of ether oxygens (including phenoxy) is 1. The number of pyridine rings is 1. The van der Waals surface area contributed by atoms with E-state index < -0.39 is 0 Å². The lowest BCUT2D eigenvalue weighted by molar-refractivity contribution is 0.0526. The van der Waals surface area contributed by atoms with Gasteiger partial charge in [0.1, 0.15) is 5.82 Å². The number of hydrogen-bond acceptors (Lipinski definition) is 7. The molecule has 0 radical (unpaired) electrons. The molecule has 0 aliphatic carbocycles. The number of likely N-dealkylation sites (tertiary alicyclic amines) is 1. The Labute approximate surface area is 199 Å². The normalized spacial score (nSPS) is 17.7. The summed E-state index contributed by atoms with van der Waals surface area (Å²) in [6.45, 7) is 8.88. The van der Waals surface area contributed by atoms with Crippen LogP contribution < -0.4 is 10.2 Å². The second kappa shape index (κ2) is 11.5. The van der Waals surface area contributed by atoms with Crippen LogP contribution in [0.4, 0.5) is 10.6 Å². The molecule has 0 bridgehead atoms. The fourth-order valence-electron chi connectivity index (χ4n) is 4.36. The number of nitrogens with one attached hydrogen (secondary N) is 1. The van der Waals surface area contributed by atoms with Crippen molar-refractivity contribution in [3.05, 3.63) is 46.3 Å². The molecule has 2 fully saturated rings. The number of carbonyl (C=O) groups excluding carboxylic acids is 2. The van der Waals surface area contributed by atoms with E-state index in [1.807, 2.05) is 22.3 Å². The minimum absolute atomic E-state index is 0.0290. The minimum atomic E-state index is -0.355. The summed E-state index contributed by atoms with van der Waals surface area (Å²) in [6.07, 6.45) is 3.82. The number of aromatic nitrogens is 1. The summed E-state index contributed by atoms with van der Waals surface area (Å²) < 4.78 is 5.00. The van der Waals surface area contributed by atoms with E-state index in [1.54, 1.807) is 19.2 Å². The molecule has 0 aromatic carbocycles. The van der Waals surface area contributed by atoms with Crippen LogP contribution in [0, 0.1) is 5.92 Å². The molecule has 2 aromatic rings. The maximum atomic E-state index is 12.7. The fraction of sp³-hybridized carbons (Fsp3) is 0.542. The number of piperidine rings is 1. The largest absolute Gasteiger partial charge is 0.462 e. The summed E-state index contributed by atoms with van der Waals surface area (Å²) in [7, 11) is 0. The van der Waals surface area contributed by atoms with Crippen LogP contribution in [0.15, 0.2) is 35.8 Å². The number of hydrogen-bond donors (Lipinski definition) is 1. The highest BCUT2D eigenvalue weighted by Gasteiger charge is 2.24. The van der Waals surface area contributed by atoms with Gasteiger partial charge in [-0.3, -0.25) is 4.90 Å². The number of anilines is 1. The van der Waals surface area contributed by atoms with E-state index in [4.69, 9.17) is 4.74 Å². The predicted octanol–water partition coefficient (Wildman–Crippen LogP) is 3.06. The van der Waals surface area contributed by atoms with Crippen molar-refractivity contribution in [1.29, 1.82) is 0 Å². The molecule has 0 atom stereocenters. The Bertz CT molecular complexity index is 889. The zero-order valence-electron chi connectivity index (χ0n) is 19.2. The number of rotatable bonds is 7. The Morgan fingerprint density at radius 2 is 1.91 bits per heavy atom. The number of carbonyl (C=O) groups is 2. The van der Waals surface area contributed by atoms with Gasteiger partial charge >= 0.3 is 12.0 Å². The lowest BCUT2D eigenvalue weighted by atomic mass is 9.97. The maximum Gasteiger partial charge on any atom is 0.339 e. The zero-order valence-corrected chi connectivity index (χ0v) is 20.1. The van der Waals surface area contributed by atoms with Gasteiger partial charge in [-0.25, -0.2) is 14.6 Å². The van der Waals surface area contributed by atoms with E-state index in [0.717, 1.165) is 57.9 Å². The van der Waals surface area contributed by atoms with Gasteiger partial charge in [-0.15, -0.1) is 11.3 Å². The molecule has 178 valence electrons. The van der Waals surface area contributed by atoms with Crippen LogP contribution in [-0.2, 0) is 11.3 Å². The smallest absolute Gasteiger partial charge is 0.339 e. The molecule has 2 amide bonds. The second-order valence-electron chi connectivity index (χ2n) is 8.58. The molecule has 1 N–H and O–H groups in total. The van der Waals surface area contributed by atoms with Crippen molar-refractivity contribution in [2.24, 2.45) is 5.92 Å². The third-order valence-corrected chi connectivity index (χ3v) is 7.22. The van der Waals surface area contributed by atoms with Gasteiger partial charge in [0.2, 0.25) is 0 Å². The van der Waals surface area contributed by atoms with Crippen molar-refractivity contribution < 1.29 is 14.3 Å². The molecular weight excluding hydrogens is 438 g/mol. The van der Waals surface area contributed by atoms with Crippen molar-refractivity contribution in [2.45, 2.75) is 26.3 Å².